The van der Waals surface area contributed by atoms with Crippen molar-refractivity contribution in [3.63, 3.8) is 0 Å². The van der Waals surface area contributed by atoms with Crippen LogP contribution in [0.3, 0.4) is 0 Å². The van der Waals surface area contributed by atoms with E-state index in [0.29, 0.717) is 25.9 Å². The molecular weight excluding hydrogens is 375 g/mol. The van der Waals surface area contributed by atoms with Crippen molar-refractivity contribution in [2.24, 2.45) is 11.7 Å². The Morgan fingerprint density at radius 3 is 2.67 bits per heavy atom. The number of hydrogen-bond donors (Lipinski definition) is 5. The summed E-state index contributed by atoms with van der Waals surface area (Å²) in [5.41, 5.74) is 4.43. The number of likely N-dealkylation sites (N-methyl/N-ethyl adjacent to an activating group) is 1. The van der Waals surface area contributed by atoms with E-state index in [4.69, 9.17) is 15.8 Å². The molecule has 2 saturated heterocycles. The van der Waals surface area contributed by atoms with Crippen LogP contribution in [-0.2, 0) is 15.0 Å². The zero-order valence-electron chi connectivity index (χ0n) is 15.7. The summed E-state index contributed by atoms with van der Waals surface area (Å²) in [6.45, 7) is 3.25. The van der Waals surface area contributed by atoms with Gasteiger partial charge in [-0.3, -0.25) is 4.79 Å². The molecule has 0 aromatic carbocycles. The maximum Gasteiger partial charge on any atom is 0.451 e. The third kappa shape index (κ3) is 5.00. The van der Waals surface area contributed by atoms with E-state index in [1.54, 1.807) is 6.92 Å². The minimum atomic E-state index is -3.84. The van der Waals surface area contributed by atoms with Gasteiger partial charge in [-0.2, -0.15) is 17.0 Å². The molecule has 156 valence electrons. The van der Waals surface area contributed by atoms with Gasteiger partial charge in [0.25, 0.3) is 10.2 Å². The average Bonchev–Trinajstić information content (AvgIpc) is 2.95. The van der Waals surface area contributed by atoms with Crippen molar-refractivity contribution in [1.82, 2.24) is 13.9 Å². The van der Waals surface area contributed by atoms with Crippen molar-refractivity contribution < 1.29 is 28.4 Å². The average molecular weight is 406 g/mol. The zero-order chi connectivity index (χ0) is 20.2. The molecule has 2 fully saturated rings. The smallest absolute Gasteiger partial charge is 0.451 e. The van der Waals surface area contributed by atoms with E-state index in [1.165, 1.54) is 8.61 Å². The second-order valence-corrected chi connectivity index (χ2v) is 9.34. The highest BCUT2D eigenvalue weighted by atomic mass is 32.2. The molecule has 2 aliphatic heterocycles. The van der Waals surface area contributed by atoms with Gasteiger partial charge in [-0.15, -0.1) is 0 Å². The molecule has 2 aliphatic rings. The molecule has 6 N–H and O–H groups in total. The Morgan fingerprint density at radius 2 is 2.15 bits per heavy atom. The lowest BCUT2D eigenvalue weighted by molar-refractivity contribution is -0.144. The van der Waals surface area contributed by atoms with E-state index >= 15 is 0 Å². The van der Waals surface area contributed by atoms with Crippen molar-refractivity contribution in [3.8, 4) is 0 Å². The van der Waals surface area contributed by atoms with Crippen molar-refractivity contribution in [1.29, 1.82) is 0 Å². The van der Waals surface area contributed by atoms with Gasteiger partial charge in [0.1, 0.15) is 5.54 Å². The topological polar surface area (TPSA) is 156 Å². The Hall–Kier alpha value is -0.755. The number of nitrogens with two attached hydrogens (primary N) is 1. The molecule has 2 heterocycles. The van der Waals surface area contributed by atoms with Gasteiger partial charge < -0.3 is 26.2 Å². The van der Waals surface area contributed by atoms with Gasteiger partial charge in [-0.25, -0.2) is 0 Å². The molecule has 1 unspecified atom stereocenters. The van der Waals surface area contributed by atoms with Crippen LogP contribution in [0.5, 0.6) is 0 Å². The molecule has 27 heavy (non-hydrogen) atoms. The van der Waals surface area contributed by atoms with Crippen LogP contribution in [0.15, 0.2) is 0 Å². The molecule has 0 amide bonds. The number of carboxylic acid groups (broad SMARTS) is 1. The Morgan fingerprint density at radius 1 is 1.44 bits per heavy atom. The number of hydrogen-bond acceptors (Lipinski definition) is 7. The summed E-state index contributed by atoms with van der Waals surface area (Å²) < 4.78 is 29.0. The van der Waals surface area contributed by atoms with Gasteiger partial charge in [0.2, 0.25) is 0 Å². The van der Waals surface area contributed by atoms with Gasteiger partial charge in [0.05, 0.1) is 0 Å². The fraction of sp³-hybridized carbons (Fsp3) is 0.933. The van der Waals surface area contributed by atoms with Gasteiger partial charge >= 0.3 is 13.1 Å². The summed E-state index contributed by atoms with van der Waals surface area (Å²) in [6, 6.07) is -0.158. The molecular formula is C15H31BN4O6S. The summed E-state index contributed by atoms with van der Waals surface area (Å²) in [4.78, 5) is 11.8. The number of rotatable bonds is 9. The van der Waals surface area contributed by atoms with Crippen molar-refractivity contribution in [2.75, 3.05) is 32.7 Å². The summed E-state index contributed by atoms with van der Waals surface area (Å²) in [7, 11) is -5.32. The van der Waals surface area contributed by atoms with E-state index in [0.717, 1.165) is 19.4 Å². The molecule has 0 aromatic heterocycles. The summed E-state index contributed by atoms with van der Waals surface area (Å²) in [6.07, 6.45) is 2.40. The number of piperidine rings is 1. The third-order valence-electron chi connectivity index (χ3n) is 5.62. The first-order valence-corrected chi connectivity index (χ1v) is 10.9. The minimum absolute atomic E-state index is 0.0172. The van der Waals surface area contributed by atoms with Gasteiger partial charge in [-0.05, 0) is 32.1 Å². The largest absolute Gasteiger partial charge is 0.480 e. The first-order valence-electron chi connectivity index (χ1n) is 9.49. The molecule has 3 atom stereocenters. The monoisotopic (exact) mass is 406 g/mol. The van der Waals surface area contributed by atoms with Crippen LogP contribution >= 0.6 is 0 Å². The van der Waals surface area contributed by atoms with Crippen molar-refractivity contribution in [3.05, 3.63) is 0 Å². The Kier molecular flexibility index (Phi) is 7.65. The molecule has 0 radical (unpaired) electrons. The Bertz CT molecular complexity index is 615. The predicted molar refractivity (Wildman–Crippen MR) is 101 cm³/mol. The van der Waals surface area contributed by atoms with Crippen LogP contribution in [0.4, 0.5) is 0 Å². The number of aliphatic carboxylic acids is 1. The molecule has 2 rings (SSSR count). The standard InChI is InChI=1S/C15H31BN4O6S/c1-2-20(13-6-4-8-18-9-13)27(25,26)19-10-12(5-3-7-16(23)24)15(17,11-19)14(21)22/h12-13,18,23-24H,2-11,17H2,1H3,(H,21,22)/t12-,13?,15-/m0/s1. The molecule has 0 aliphatic carbocycles. The molecule has 0 spiro atoms. The van der Waals surface area contributed by atoms with Gasteiger partial charge in [0.15, 0.2) is 0 Å². The second-order valence-electron chi connectivity index (χ2n) is 7.46. The molecule has 12 heteroatoms. The first kappa shape index (κ1) is 22.5. The second kappa shape index (κ2) is 9.16. The van der Waals surface area contributed by atoms with E-state index in [2.05, 4.69) is 5.32 Å². The molecule has 10 nitrogen and oxygen atoms in total. The van der Waals surface area contributed by atoms with Crippen LogP contribution in [0.25, 0.3) is 0 Å². The minimum Gasteiger partial charge on any atom is -0.480 e. The highest BCUT2D eigenvalue weighted by Gasteiger charge is 2.53. The highest BCUT2D eigenvalue weighted by molar-refractivity contribution is 7.86. The number of nitrogens with one attached hydrogen (secondary N) is 1. The van der Waals surface area contributed by atoms with Crippen LogP contribution in [-0.4, -0.2) is 89.6 Å². The lowest BCUT2D eigenvalue weighted by Gasteiger charge is -2.35. The molecule has 0 saturated carbocycles. The van der Waals surface area contributed by atoms with Crippen LogP contribution in [0, 0.1) is 5.92 Å². The first-order chi connectivity index (χ1) is 12.6. The summed E-state index contributed by atoms with van der Waals surface area (Å²) in [5, 5.41) is 30.8. The van der Waals surface area contributed by atoms with Gasteiger partial charge in [-0.1, -0.05) is 13.3 Å². The lowest BCUT2D eigenvalue weighted by Crippen LogP contribution is -2.56. The SMILES string of the molecule is CCN(C1CCCNC1)S(=O)(=O)N1C[C@H](CCCB(O)O)[C@](N)(C(=O)O)C1. The van der Waals surface area contributed by atoms with Crippen molar-refractivity contribution in [2.45, 2.75) is 50.5 Å². The quantitative estimate of drug-likeness (QED) is 0.283. The number of carboxylic acids is 1. The maximum absolute atomic E-state index is 13.2. The zero-order valence-corrected chi connectivity index (χ0v) is 16.6. The summed E-state index contributed by atoms with van der Waals surface area (Å²) in [5.74, 6) is -1.83. The lowest BCUT2D eigenvalue weighted by atomic mass is 9.78. The van der Waals surface area contributed by atoms with Crippen LogP contribution in [0.2, 0.25) is 6.32 Å². The normalized spacial score (nSPS) is 30.0. The highest BCUT2D eigenvalue weighted by Crippen LogP contribution is 2.33. The molecule has 0 bridgehead atoms. The van der Waals surface area contributed by atoms with Crippen LogP contribution in [0.1, 0.15) is 32.6 Å². The fourth-order valence-electron chi connectivity index (χ4n) is 4.05. The van der Waals surface area contributed by atoms with E-state index < -0.39 is 34.8 Å². The Balaban J connectivity index is 2.17. The van der Waals surface area contributed by atoms with E-state index in [-0.39, 0.29) is 25.5 Å². The van der Waals surface area contributed by atoms with E-state index in [1.807, 2.05) is 0 Å². The third-order valence-corrected chi connectivity index (χ3v) is 7.70. The van der Waals surface area contributed by atoms with E-state index in [9.17, 15) is 18.3 Å². The number of nitrogens with zero attached hydrogens (tertiary/aromatic N) is 2. The Labute approximate surface area is 161 Å². The fourth-order valence-corrected chi connectivity index (χ4v) is 5.97. The van der Waals surface area contributed by atoms with Gasteiger partial charge in [0, 0.05) is 38.1 Å². The van der Waals surface area contributed by atoms with Crippen LogP contribution < -0.4 is 11.1 Å². The maximum atomic E-state index is 13.2. The van der Waals surface area contributed by atoms with Crippen molar-refractivity contribution >= 4 is 23.3 Å². The summed E-state index contributed by atoms with van der Waals surface area (Å²) >= 11 is 0. The number of carbonyl (C=O) groups is 1. The molecule has 0 aromatic rings. The predicted octanol–water partition coefficient (Wildman–Crippen LogP) is -1.73.